The maximum absolute atomic E-state index is 12.1. The second-order valence-electron chi connectivity index (χ2n) is 6.68. The monoisotopic (exact) mass is 283 g/mol. The predicted octanol–water partition coefficient (Wildman–Crippen LogP) is 1.68. The minimum Gasteiger partial charge on any atom is -0.372 e. The largest absolute Gasteiger partial charge is 0.372 e. The number of hydrogen-bond acceptors (Lipinski definition) is 3. The van der Waals surface area contributed by atoms with Crippen molar-refractivity contribution in [3.8, 4) is 0 Å². The van der Waals surface area contributed by atoms with Crippen molar-refractivity contribution < 1.29 is 9.53 Å². The molecule has 1 aliphatic heterocycles. The maximum Gasteiger partial charge on any atom is 0.317 e. The highest BCUT2D eigenvalue weighted by atomic mass is 16.5. The summed E-state index contributed by atoms with van der Waals surface area (Å²) in [5.74, 6) is 0. The van der Waals surface area contributed by atoms with Crippen LogP contribution in [-0.2, 0) is 4.74 Å². The Morgan fingerprint density at radius 1 is 1.40 bits per heavy atom. The van der Waals surface area contributed by atoms with Crippen LogP contribution in [0.2, 0.25) is 0 Å². The average molecular weight is 283 g/mol. The SMILES string of the molecule is CN(CCNC(=O)N1CCOC(C)(C)C1)C1CCCC1. The molecule has 1 heterocycles. The van der Waals surface area contributed by atoms with Crippen molar-refractivity contribution in [2.45, 2.75) is 51.2 Å². The summed E-state index contributed by atoms with van der Waals surface area (Å²) in [5, 5.41) is 3.03. The van der Waals surface area contributed by atoms with E-state index in [4.69, 9.17) is 4.74 Å². The van der Waals surface area contributed by atoms with Gasteiger partial charge in [0.2, 0.25) is 0 Å². The van der Waals surface area contributed by atoms with Crippen molar-refractivity contribution in [3.05, 3.63) is 0 Å². The fourth-order valence-corrected chi connectivity index (χ4v) is 3.17. The second-order valence-corrected chi connectivity index (χ2v) is 6.68. The van der Waals surface area contributed by atoms with Gasteiger partial charge in [0.15, 0.2) is 0 Å². The molecule has 0 aromatic carbocycles. The van der Waals surface area contributed by atoms with Gasteiger partial charge in [-0.2, -0.15) is 0 Å². The molecule has 1 saturated heterocycles. The molecule has 2 amide bonds. The third-order valence-electron chi connectivity index (χ3n) is 4.40. The van der Waals surface area contributed by atoms with Crippen LogP contribution in [0.4, 0.5) is 4.79 Å². The van der Waals surface area contributed by atoms with Gasteiger partial charge in [0.05, 0.1) is 18.8 Å². The van der Waals surface area contributed by atoms with Crippen LogP contribution in [0.15, 0.2) is 0 Å². The zero-order valence-electron chi connectivity index (χ0n) is 13.2. The topological polar surface area (TPSA) is 44.8 Å². The number of nitrogens with one attached hydrogen (secondary N) is 1. The molecule has 2 aliphatic rings. The van der Waals surface area contributed by atoms with Crippen LogP contribution in [-0.4, -0.2) is 67.3 Å². The second kappa shape index (κ2) is 6.76. The number of carbonyl (C=O) groups is 1. The van der Waals surface area contributed by atoms with Gasteiger partial charge < -0.3 is 19.9 Å². The maximum atomic E-state index is 12.1. The Bertz CT molecular complexity index is 327. The predicted molar refractivity (Wildman–Crippen MR) is 79.9 cm³/mol. The van der Waals surface area contributed by atoms with Crippen LogP contribution in [0.25, 0.3) is 0 Å². The smallest absolute Gasteiger partial charge is 0.317 e. The van der Waals surface area contributed by atoms with Gasteiger partial charge in [-0.05, 0) is 33.7 Å². The van der Waals surface area contributed by atoms with Crippen molar-refractivity contribution in [2.24, 2.45) is 0 Å². The van der Waals surface area contributed by atoms with Gasteiger partial charge in [-0.3, -0.25) is 0 Å². The van der Waals surface area contributed by atoms with Crippen LogP contribution in [0.5, 0.6) is 0 Å². The molecule has 116 valence electrons. The van der Waals surface area contributed by atoms with E-state index in [-0.39, 0.29) is 11.6 Å². The van der Waals surface area contributed by atoms with Gasteiger partial charge >= 0.3 is 6.03 Å². The highest BCUT2D eigenvalue weighted by Crippen LogP contribution is 2.21. The first-order valence-electron chi connectivity index (χ1n) is 7.85. The normalized spacial score (nSPS) is 23.3. The molecule has 0 aromatic rings. The summed E-state index contributed by atoms with van der Waals surface area (Å²) in [5.41, 5.74) is -0.226. The van der Waals surface area contributed by atoms with E-state index in [0.717, 1.165) is 13.1 Å². The summed E-state index contributed by atoms with van der Waals surface area (Å²) in [6, 6.07) is 0.760. The molecule has 0 radical (unpaired) electrons. The Balaban J connectivity index is 1.67. The van der Waals surface area contributed by atoms with Crippen LogP contribution in [0.3, 0.4) is 0 Å². The number of rotatable bonds is 4. The summed E-state index contributed by atoms with van der Waals surface area (Å²) < 4.78 is 5.63. The Hall–Kier alpha value is -0.810. The van der Waals surface area contributed by atoms with E-state index < -0.39 is 0 Å². The minimum atomic E-state index is -0.226. The van der Waals surface area contributed by atoms with Crippen molar-refractivity contribution in [1.29, 1.82) is 0 Å². The first kappa shape index (κ1) is 15.6. The molecule has 0 spiro atoms. The lowest BCUT2D eigenvalue weighted by Crippen LogP contribution is -2.54. The first-order valence-corrected chi connectivity index (χ1v) is 7.85. The number of nitrogens with zero attached hydrogens (tertiary/aromatic N) is 2. The first-order chi connectivity index (χ1) is 9.48. The number of morpholine rings is 1. The van der Waals surface area contributed by atoms with Crippen LogP contribution >= 0.6 is 0 Å². The number of urea groups is 1. The summed E-state index contributed by atoms with van der Waals surface area (Å²) in [4.78, 5) is 16.4. The molecule has 20 heavy (non-hydrogen) atoms. The van der Waals surface area contributed by atoms with Crippen molar-refractivity contribution in [2.75, 3.05) is 39.8 Å². The average Bonchev–Trinajstić information content (AvgIpc) is 2.91. The highest BCUT2D eigenvalue weighted by molar-refractivity contribution is 5.74. The van der Waals surface area contributed by atoms with E-state index in [0.29, 0.717) is 25.7 Å². The van der Waals surface area contributed by atoms with Gasteiger partial charge in [-0.1, -0.05) is 12.8 Å². The number of carbonyl (C=O) groups excluding carboxylic acids is 1. The summed E-state index contributed by atoms with van der Waals surface area (Å²) >= 11 is 0. The van der Waals surface area contributed by atoms with Gasteiger partial charge in [0, 0.05) is 25.7 Å². The van der Waals surface area contributed by atoms with E-state index in [1.54, 1.807) is 0 Å². The zero-order valence-corrected chi connectivity index (χ0v) is 13.2. The number of hydrogen-bond donors (Lipinski definition) is 1. The van der Waals surface area contributed by atoms with E-state index in [1.165, 1.54) is 25.7 Å². The molecule has 1 aliphatic carbocycles. The van der Waals surface area contributed by atoms with Gasteiger partial charge in [0.1, 0.15) is 0 Å². The summed E-state index contributed by atoms with van der Waals surface area (Å²) in [6.07, 6.45) is 5.32. The molecule has 1 N–H and O–H groups in total. The molecule has 1 saturated carbocycles. The lowest BCUT2D eigenvalue weighted by atomic mass is 10.1. The Labute approximate surface area is 122 Å². The molecular formula is C15H29N3O2. The molecule has 5 nitrogen and oxygen atoms in total. The third kappa shape index (κ3) is 4.35. The van der Waals surface area contributed by atoms with Crippen LogP contribution in [0, 0.1) is 0 Å². The van der Waals surface area contributed by atoms with E-state index in [9.17, 15) is 4.79 Å². The lowest BCUT2D eigenvalue weighted by Gasteiger charge is -2.38. The van der Waals surface area contributed by atoms with Crippen molar-refractivity contribution >= 4 is 6.03 Å². The van der Waals surface area contributed by atoms with Crippen molar-refractivity contribution in [3.63, 3.8) is 0 Å². The summed E-state index contributed by atoms with van der Waals surface area (Å²) in [6.45, 7) is 7.70. The number of amides is 2. The van der Waals surface area contributed by atoms with Crippen LogP contribution in [0.1, 0.15) is 39.5 Å². The van der Waals surface area contributed by atoms with Crippen LogP contribution < -0.4 is 5.32 Å². The molecule has 0 bridgehead atoms. The molecule has 2 fully saturated rings. The van der Waals surface area contributed by atoms with E-state index >= 15 is 0 Å². The summed E-state index contributed by atoms with van der Waals surface area (Å²) in [7, 11) is 2.17. The van der Waals surface area contributed by atoms with Gasteiger partial charge in [-0.25, -0.2) is 4.79 Å². The molecule has 0 aromatic heterocycles. The Morgan fingerprint density at radius 3 is 2.75 bits per heavy atom. The zero-order chi connectivity index (χ0) is 14.6. The lowest BCUT2D eigenvalue weighted by molar-refractivity contribution is -0.0733. The number of likely N-dealkylation sites (N-methyl/N-ethyl adjacent to an activating group) is 1. The molecular weight excluding hydrogens is 254 g/mol. The van der Waals surface area contributed by atoms with Gasteiger partial charge in [-0.15, -0.1) is 0 Å². The molecule has 0 unspecified atom stereocenters. The van der Waals surface area contributed by atoms with Crippen molar-refractivity contribution in [1.82, 2.24) is 15.1 Å². The minimum absolute atomic E-state index is 0.0428. The molecule has 2 rings (SSSR count). The molecule has 5 heteroatoms. The van der Waals surface area contributed by atoms with Gasteiger partial charge in [0.25, 0.3) is 0 Å². The number of ether oxygens (including phenoxy) is 1. The quantitative estimate of drug-likeness (QED) is 0.854. The Morgan fingerprint density at radius 2 is 2.10 bits per heavy atom. The Kier molecular flexibility index (Phi) is 5.27. The fraction of sp³-hybridized carbons (Fsp3) is 0.933. The highest BCUT2D eigenvalue weighted by Gasteiger charge is 2.29. The third-order valence-corrected chi connectivity index (χ3v) is 4.40. The fourth-order valence-electron chi connectivity index (χ4n) is 3.17. The van der Waals surface area contributed by atoms with E-state index in [2.05, 4.69) is 17.3 Å². The molecule has 0 atom stereocenters. The van der Waals surface area contributed by atoms with E-state index in [1.807, 2.05) is 18.7 Å². The standard InChI is InChI=1S/C15H29N3O2/c1-15(2)12-18(10-11-20-15)14(19)16-8-9-17(3)13-6-4-5-7-13/h13H,4-12H2,1-3H3,(H,16,19).